The lowest BCUT2D eigenvalue weighted by Crippen LogP contribution is -2.06. The van der Waals surface area contributed by atoms with E-state index in [9.17, 15) is 4.79 Å². The molecule has 1 aromatic carbocycles. The number of hydrogen-bond acceptors (Lipinski definition) is 4. The highest BCUT2D eigenvalue weighted by atomic mass is 16.5. The van der Waals surface area contributed by atoms with E-state index in [0.29, 0.717) is 6.61 Å². The molecule has 0 atom stereocenters. The van der Waals surface area contributed by atoms with Gasteiger partial charge >= 0.3 is 5.97 Å². The first-order chi connectivity index (χ1) is 10.8. The number of aromatic nitrogens is 3. The Morgan fingerprint density at radius 2 is 1.86 bits per heavy atom. The molecule has 0 aliphatic carbocycles. The summed E-state index contributed by atoms with van der Waals surface area (Å²) in [4.78, 5) is 16.0. The van der Waals surface area contributed by atoms with Crippen LogP contribution in [0, 0.1) is 0 Å². The van der Waals surface area contributed by atoms with Gasteiger partial charge in [-0.3, -0.25) is 4.98 Å². The fraction of sp³-hybridized carbons (Fsp3) is 0.118. The third-order valence-corrected chi connectivity index (χ3v) is 3.17. The molecule has 22 heavy (non-hydrogen) atoms. The summed E-state index contributed by atoms with van der Waals surface area (Å²) in [5.41, 5.74) is 2.92. The van der Waals surface area contributed by atoms with Gasteiger partial charge in [-0.2, -0.15) is 5.10 Å². The van der Waals surface area contributed by atoms with Crippen molar-refractivity contribution in [3.63, 3.8) is 0 Å². The molecule has 0 aliphatic heterocycles. The summed E-state index contributed by atoms with van der Waals surface area (Å²) < 4.78 is 6.78. The van der Waals surface area contributed by atoms with E-state index in [1.54, 1.807) is 30.1 Å². The zero-order valence-corrected chi connectivity index (χ0v) is 12.1. The molecule has 0 aliphatic rings. The maximum Gasteiger partial charge on any atom is 0.358 e. The molecule has 0 saturated carbocycles. The van der Waals surface area contributed by atoms with Crippen molar-refractivity contribution in [3.8, 4) is 16.9 Å². The first-order valence-corrected chi connectivity index (χ1v) is 7.02. The molecule has 0 amide bonds. The number of pyridine rings is 1. The van der Waals surface area contributed by atoms with Crippen molar-refractivity contribution < 1.29 is 9.53 Å². The van der Waals surface area contributed by atoms with Crippen LogP contribution in [0.5, 0.6) is 0 Å². The third kappa shape index (κ3) is 2.74. The summed E-state index contributed by atoms with van der Waals surface area (Å²) in [6.07, 6.45) is 3.42. The maximum absolute atomic E-state index is 12.0. The highest BCUT2D eigenvalue weighted by molar-refractivity contribution is 5.89. The number of carbonyl (C=O) groups is 1. The van der Waals surface area contributed by atoms with Crippen LogP contribution in [0.3, 0.4) is 0 Å². The van der Waals surface area contributed by atoms with Gasteiger partial charge in [-0.1, -0.05) is 18.2 Å². The number of esters is 1. The van der Waals surface area contributed by atoms with Gasteiger partial charge in [0.15, 0.2) is 5.69 Å². The van der Waals surface area contributed by atoms with E-state index in [0.717, 1.165) is 16.9 Å². The van der Waals surface area contributed by atoms with E-state index >= 15 is 0 Å². The molecule has 5 nitrogen and oxygen atoms in total. The maximum atomic E-state index is 12.0. The fourth-order valence-electron chi connectivity index (χ4n) is 2.18. The minimum absolute atomic E-state index is 0.289. The number of para-hydroxylation sites is 1. The molecular formula is C17H15N3O2. The monoisotopic (exact) mass is 293 g/mol. The van der Waals surface area contributed by atoms with E-state index in [2.05, 4.69) is 10.1 Å². The smallest absolute Gasteiger partial charge is 0.358 e. The van der Waals surface area contributed by atoms with Gasteiger partial charge in [-0.25, -0.2) is 9.48 Å². The summed E-state index contributed by atoms with van der Waals surface area (Å²) in [5, 5.41) is 4.40. The average Bonchev–Trinajstić information content (AvgIpc) is 3.02. The minimum atomic E-state index is -0.424. The lowest BCUT2D eigenvalue weighted by atomic mass is 10.2. The zero-order chi connectivity index (χ0) is 15.4. The van der Waals surface area contributed by atoms with Crippen LogP contribution in [0.4, 0.5) is 0 Å². The van der Waals surface area contributed by atoms with Crippen LogP contribution in [0.15, 0.2) is 60.9 Å². The first kappa shape index (κ1) is 14.0. The molecule has 3 rings (SSSR count). The van der Waals surface area contributed by atoms with Gasteiger partial charge in [0.2, 0.25) is 0 Å². The Bertz CT molecular complexity index is 710. The van der Waals surface area contributed by atoms with Gasteiger partial charge in [0.25, 0.3) is 0 Å². The number of benzene rings is 1. The predicted molar refractivity (Wildman–Crippen MR) is 82.8 cm³/mol. The Hall–Kier alpha value is -2.95. The summed E-state index contributed by atoms with van der Waals surface area (Å²) >= 11 is 0. The second kappa shape index (κ2) is 6.22. The molecule has 0 N–H and O–H groups in total. The molecule has 3 aromatic rings. The van der Waals surface area contributed by atoms with E-state index in [4.69, 9.17) is 4.74 Å². The quantitative estimate of drug-likeness (QED) is 0.694. The van der Waals surface area contributed by atoms with Gasteiger partial charge in [-0.05, 0) is 37.3 Å². The molecular weight excluding hydrogens is 278 g/mol. The Morgan fingerprint density at radius 3 is 2.55 bits per heavy atom. The van der Waals surface area contributed by atoms with Crippen LogP contribution in [0.1, 0.15) is 17.4 Å². The summed E-state index contributed by atoms with van der Waals surface area (Å²) in [6.45, 7) is 2.09. The van der Waals surface area contributed by atoms with Gasteiger partial charge in [-0.15, -0.1) is 0 Å². The third-order valence-electron chi connectivity index (χ3n) is 3.17. The second-order valence-electron chi connectivity index (χ2n) is 4.62. The van der Waals surface area contributed by atoms with Crippen LogP contribution < -0.4 is 0 Å². The molecule has 0 radical (unpaired) electrons. The normalized spacial score (nSPS) is 10.4. The number of hydrogen-bond donors (Lipinski definition) is 0. The second-order valence-corrected chi connectivity index (χ2v) is 4.62. The first-order valence-electron chi connectivity index (χ1n) is 7.02. The zero-order valence-electron chi connectivity index (χ0n) is 12.1. The molecule has 0 unspecified atom stereocenters. The van der Waals surface area contributed by atoms with Crippen molar-refractivity contribution in [2.24, 2.45) is 0 Å². The van der Waals surface area contributed by atoms with Gasteiger partial charge in [0, 0.05) is 18.0 Å². The summed E-state index contributed by atoms with van der Waals surface area (Å²) in [5.74, 6) is -0.424. The van der Waals surface area contributed by atoms with E-state index < -0.39 is 5.97 Å². The highest BCUT2D eigenvalue weighted by Gasteiger charge is 2.17. The Balaban J connectivity index is 2.12. The molecule has 0 saturated heterocycles. The van der Waals surface area contributed by atoms with Crippen LogP contribution >= 0.6 is 0 Å². The van der Waals surface area contributed by atoms with Crippen LogP contribution in [0.2, 0.25) is 0 Å². The number of ether oxygens (including phenoxy) is 1. The van der Waals surface area contributed by atoms with E-state index in [1.165, 1.54) is 0 Å². The molecule has 2 heterocycles. The standard InChI is InChI=1S/C17H15N3O2/c1-2-22-17(21)15-12-16(13-8-10-18-11-9-13)20(19-15)14-6-4-3-5-7-14/h3-12H,2H2,1H3. The van der Waals surface area contributed by atoms with Crippen molar-refractivity contribution in [3.05, 3.63) is 66.6 Å². The largest absolute Gasteiger partial charge is 0.461 e. The van der Waals surface area contributed by atoms with Crippen LogP contribution in [-0.4, -0.2) is 27.3 Å². The lowest BCUT2D eigenvalue weighted by molar-refractivity contribution is 0.0519. The van der Waals surface area contributed by atoms with Crippen molar-refractivity contribution in [2.45, 2.75) is 6.92 Å². The van der Waals surface area contributed by atoms with Crippen molar-refractivity contribution in [1.29, 1.82) is 0 Å². The SMILES string of the molecule is CCOC(=O)c1cc(-c2ccncc2)n(-c2ccccc2)n1. The molecule has 0 bridgehead atoms. The Labute approximate surface area is 128 Å². The van der Waals surface area contributed by atoms with Crippen molar-refractivity contribution in [1.82, 2.24) is 14.8 Å². The summed E-state index contributed by atoms with van der Waals surface area (Å²) in [7, 11) is 0. The van der Waals surface area contributed by atoms with Gasteiger partial charge in [0.05, 0.1) is 18.0 Å². The van der Waals surface area contributed by atoms with E-state index in [-0.39, 0.29) is 5.69 Å². The van der Waals surface area contributed by atoms with Crippen LogP contribution in [-0.2, 0) is 4.74 Å². The minimum Gasteiger partial charge on any atom is -0.461 e. The lowest BCUT2D eigenvalue weighted by Gasteiger charge is -2.06. The van der Waals surface area contributed by atoms with Crippen molar-refractivity contribution >= 4 is 5.97 Å². The molecule has 110 valence electrons. The Kier molecular flexibility index (Phi) is 3.96. The molecule has 2 aromatic heterocycles. The molecule has 0 spiro atoms. The number of rotatable bonds is 4. The number of carbonyl (C=O) groups excluding carboxylic acids is 1. The van der Waals surface area contributed by atoms with Crippen molar-refractivity contribution in [2.75, 3.05) is 6.61 Å². The molecule has 5 heteroatoms. The molecule has 0 fully saturated rings. The topological polar surface area (TPSA) is 57.0 Å². The number of nitrogens with zero attached hydrogens (tertiary/aromatic N) is 3. The van der Waals surface area contributed by atoms with Crippen LogP contribution in [0.25, 0.3) is 16.9 Å². The van der Waals surface area contributed by atoms with Gasteiger partial charge in [0.1, 0.15) is 0 Å². The highest BCUT2D eigenvalue weighted by Crippen LogP contribution is 2.23. The van der Waals surface area contributed by atoms with E-state index in [1.807, 2.05) is 42.5 Å². The van der Waals surface area contributed by atoms with Gasteiger partial charge < -0.3 is 4.74 Å². The fourth-order valence-corrected chi connectivity index (χ4v) is 2.18. The Morgan fingerprint density at radius 1 is 1.14 bits per heavy atom. The average molecular weight is 293 g/mol. The summed E-state index contributed by atoms with van der Waals surface area (Å²) in [6, 6.07) is 15.2. The predicted octanol–water partition coefficient (Wildman–Crippen LogP) is 3.11.